The molecule has 1 aliphatic rings. The molecule has 1 rings (SSSR count). The maximum atomic E-state index is 13.0. The number of amides is 1. The molecule has 0 aliphatic carbocycles. The van der Waals surface area contributed by atoms with Crippen molar-refractivity contribution in [1.82, 2.24) is 5.32 Å². The number of unbranched alkanes of at least 4 members (excludes halogenated alkanes) is 37. The van der Waals surface area contributed by atoms with Crippen LogP contribution >= 0.6 is 0 Å². The van der Waals surface area contributed by atoms with Crippen molar-refractivity contribution in [2.45, 2.75) is 339 Å². The maximum Gasteiger partial charge on any atom is 0.305 e. The van der Waals surface area contributed by atoms with E-state index in [1.54, 1.807) is 6.08 Å². The third-order valence-corrected chi connectivity index (χ3v) is 15.0. The summed E-state index contributed by atoms with van der Waals surface area (Å²) < 4.78 is 16.7. The minimum Gasteiger partial charge on any atom is -0.466 e. The average molecular weight is 1060 g/mol. The molecule has 7 unspecified atom stereocenters. The second kappa shape index (κ2) is 53.9. The van der Waals surface area contributed by atoms with Crippen molar-refractivity contribution >= 4 is 11.9 Å². The Labute approximate surface area is 460 Å². The molecule has 0 bridgehead atoms. The third-order valence-electron chi connectivity index (χ3n) is 15.0. The van der Waals surface area contributed by atoms with Gasteiger partial charge in [-0.05, 0) is 77.0 Å². The van der Waals surface area contributed by atoms with Crippen molar-refractivity contribution in [3.05, 3.63) is 36.5 Å². The van der Waals surface area contributed by atoms with Gasteiger partial charge in [0.05, 0.1) is 32.0 Å². The van der Waals surface area contributed by atoms with E-state index in [2.05, 4.69) is 43.5 Å². The number of aliphatic hydroxyl groups excluding tert-OH is 5. The first-order chi connectivity index (χ1) is 36.7. The summed E-state index contributed by atoms with van der Waals surface area (Å²) in [5.74, 6) is -0.196. The van der Waals surface area contributed by atoms with Crippen LogP contribution in [0.1, 0.15) is 296 Å². The van der Waals surface area contributed by atoms with Gasteiger partial charge >= 0.3 is 5.97 Å². The summed E-state index contributed by atoms with van der Waals surface area (Å²) >= 11 is 0. The molecule has 11 nitrogen and oxygen atoms in total. The van der Waals surface area contributed by atoms with E-state index in [1.165, 1.54) is 205 Å². The van der Waals surface area contributed by atoms with E-state index < -0.39 is 49.5 Å². The zero-order valence-electron chi connectivity index (χ0n) is 48.5. The summed E-state index contributed by atoms with van der Waals surface area (Å²) in [6.45, 7) is 4.31. The highest BCUT2D eigenvalue weighted by Gasteiger charge is 2.44. The van der Waals surface area contributed by atoms with Gasteiger partial charge in [-0.25, -0.2) is 0 Å². The smallest absolute Gasteiger partial charge is 0.305 e. The quantitative estimate of drug-likeness (QED) is 0.0195. The van der Waals surface area contributed by atoms with Gasteiger partial charge in [0.15, 0.2) is 6.29 Å². The molecule has 0 aromatic rings. The molecule has 0 aromatic heterocycles. The monoisotopic (exact) mass is 1060 g/mol. The molecule has 75 heavy (non-hydrogen) atoms. The summed E-state index contributed by atoms with van der Waals surface area (Å²) in [5.41, 5.74) is 0. The number of esters is 1. The van der Waals surface area contributed by atoms with E-state index >= 15 is 0 Å². The highest BCUT2D eigenvalue weighted by atomic mass is 16.7. The number of nitrogens with one attached hydrogen (secondary N) is 1. The van der Waals surface area contributed by atoms with Crippen molar-refractivity contribution in [3.63, 3.8) is 0 Å². The van der Waals surface area contributed by atoms with Crippen molar-refractivity contribution in [1.29, 1.82) is 0 Å². The second-order valence-electron chi connectivity index (χ2n) is 22.1. The van der Waals surface area contributed by atoms with Gasteiger partial charge in [0.1, 0.15) is 24.4 Å². The number of allylic oxidation sites excluding steroid dienone is 5. The SMILES string of the molecule is CCCC/C=C\CCCCCCCC(=O)OCCCCCCCCCCCCCC/C=C\CCCCCCCCCCC(=O)NC(COC1OC(CO)C(O)C(O)C1O)C(O)/C=C/CCCCCCCCCCCC. The predicted octanol–water partition coefficient (Wildman–Crippen LogP) is 15.1. The fourth-order valence-corrected chi connectivity index (χ4v) is 9.88. The lowest BCUT2D eigenvalue weighted by molar-refractivity contribution is -0.302. The summed E-state index contributed by atoms with van der Waals surface area (Å²) in [7, 11) is 0. The van der Waals surface area contributed by atoms with Gasteiger partial charge in [0, 0.05) is 12.8 Å². The molecule has 6 N–H and O–H groups in total. The molecule has 1 aliphatic heterocycles. The molecule has 1 heterocycles. The predicted molar refractivity (Wildman–Crippen MR) is 311 cm³/mol. The first-order valence-electron chi connectivity index (χ1n) is 31.8. The van der Waals surface area contributed by atoms with Crippen LogP contribution in [-0.2, 0) is 23.8 Å². The second-order valence-corrected chi connectivity index (χ2v) is 22.1. The van der Waals surface area contributed by atoms with E-state index in [0.717, 1.165) is 64.2 Å². The summed E-state index contributed by atoms with van der Waals surface area (Å²) in [5, 5.41) is 54.4. The molecular weight excluding hydrogens is 943 g/mol. The largest absolute Gasteiger partial charge is 0.466 e. The fourth-order valence-electron chi connectivity index (χ4n) is 9.88. The Balaban J connectivity index is 2.04. The standard InChI is InChI=1S/C64H119NO10/c1-3-5-7-9-11-13-15-31-34-38-42-46-50-57(67)56(55-74-64-63(72)62(71)61(70)58(54-66)75-64)65-59(68)51-47-43-39-35-32-28-26-24-22-20-18-16-17-19-21-23-25-27-29-33-37-41-45-49-53-73-60(69)52-48-44-40-36-30-14-12-10-8-6-4-2/h10,12,18,20,46,50,56-58,61-64,66-67,70-72H,3-9,11,13-17,19,21-45,47-49,51-55H2,1-2H3,(H,65,68)/b12-10-,20-18-,50-46+. The van der Waals surface area contributed by atoms with Gasteiger partial charge in [-0.3, -0.25) is 9.59 Å². The molecule has 440 valence electrons. The molecule has 1 fully saturated rings. The third kappa shape index (κ3) is 43.4. The van der Waals surface area contributed by atoms with Gasteiger partial charge < -0.3 is 45.1 Å². The zero-order chi connectivity index (χ0) is 54.5. The van der Waals surface area contributed by atoms with Crippen molar-refractivity contribution in [3.8, 4) is 0 Å². The number of aliphatic hydroxyl groups is 5. The number of ether oxygens (including phenoxy) is 3. The van der Waals surface area contributed by atoms with E-state index in [0.29, 0.717) is 19.4 Å². The Morgan fingerprint density at radius 2 is 0.867 bits per heavy atom. The summed E-state index contributed by atoms with van der Waals surface area (Å²) in [4.78, 5) is 25.0. The van der Waals surface area contributed by atoms with Crippen LogP contribution in [0.4, 0.5) is 0 Å². The lowest BCUT2D eigenvalue weighted by Crippen LogP contribution is -2.60. The Morgan fingerprint density at radius 3 is 1.32 bits per heavy atom. The van der Waals surface area contributed by atoms with Crippen LogP contribution in [0.25, 0.3) is 0 Å². The normalized spacial score (nSPS) is 18.9. The van der Waals surface area contributed by atoms with Crippen molar-refractivity contribution in [2.24, 2.45) is 0 Å². The van der Waals surface area contributed by atoms with Crippen LogP contribution < -0.4 is 5.32 Å². The van der Waals surface area contributed by atoms with Gasteiger partial charge in [-0.2, -0.15) is 0 Å². The number of carbonyl (C=O) groups excluding carboxylic acids is 2. The highest BCUT2D eigenvalue weighted by Crippen LogP contribution is 2.23. The molecule has 7 atom stereocenters. The van der Waals surface area contributed by atoms with E-state index in [1.807, 2.05) is 6.08 Å². The number of carbonyl (C=O) groups is 2. The van der Waals surface area contributed by atoms with Gasteiger partial charge in [0.25, 0.3) is 0 Å². The van der Waals surface area contributed by atoms with Gasteiger partial charge in [-0.15, -0.1) is 0 Å². The van der Waals surface area contributed by atoms with Crippen LogP contribution in [0.15, 0.2) is 36.5 Å². The fraction of sp³-hybridized carbons (Fsp3) is 0.875. The van der Waals surface area contributed by atoms with Gasteiger partial charge in [-0.1, -0.05) is 243 Å². The first kappa shape index (κ1) is 70.9. The minimum atomic E-state index is -1.57. The van der Waals surface area contributed by atoms with Crippen molar-refractivity contribution in [2.75, 3.05) is 19.8 Å². The van der Waals surface area contributed by atoms with Crippen LogP contribution in [0.2, 0.25) is 0 Å². The molecule has 0 aromatic carbocycles. The van der Waals surface area contributed by atoms with E-state index in [-0.39, 0.29) is 18.5 Å². The molecule has 1 amide bonds. The minimum absolute atomic E-state index is 0.00985. The molecule has 11 heteroatoms. The Hall–Kier alpha value is -2.12. The number of hydrogen-bond donors (Lipinski definition) is 6. The Bertz CT molecular complexity index is 1340. The lowest BCUT2D eigenvalue weighted by Gasteiger charge is -2.40. The Kier molecular flexibility index (Phi) is 50.9. The molecule has 0 saturated carbocycles. The average Bonchev–Trinajstić information content (AvgIpc) is 3.41. The molecule has 0 radical (unpaired) electrons. The van der Waals surface area contributed by atoms with Crippen LogP contribution in [0.3, 0.4) is 0 Å². The van der Waals surface area contributed by atoms with Crippen LogP contribution in [0.5, 0.6) is 0 Å². The first-order valence-corrected chi connectivity index (χ1v) is 31.8. The molecule has 1 saturated heterocycles. The summed E-state index contributed by atoms with van der Waals surface area (Å²) in [6.07, 6.45) is 56.7. The van der Waals surface area contributed by atoms with Crippen LogP contribution in [-0.4, -0.2) is 100 Å². The van der Waals surface area contributed by atoms with Gasteiger partial charge in [0.2, 0.25) is 5.91 Å². The Morgan fingerprint density at radius 1 is 0.480 bits per heavy atom. The van der Waals surface area contributed by atoms with E-state index in [9.17, 15) is 35.1 Å². The highest BCUT2D eigenvalue weighted by molar-refractivity contribution is 5.76. The maximum absolute atomic E-state index is 13.0. The van der Waals surface area contributed by atoms with E-state index in [4.69, 9.17) is 14.2 Å². The summed E-state index contributed by atoms with van der Waals surface area (Å²) in [6, 6.07) is -0.813. The number of hydrogen-bond acceptors (Lipinski definition) is 10. The van der Waals surface area contributed by atoms with Crippen molar-refractivity contribution < 1.29 is 49.3 Å². The topological polar surface area (TPSA) is 175 Å². The zero-order valence-corrected chi connectivity index (χ0v) is 48.5. The molecular formula is C64H119NO10. The lowest BCUT2D eigenvalue weighted by atomic mass is 9.99. The van der Waals surface area contributed by atoms with Crippen LogP contribution in [0, 0.1) is 0 Å². The number of rotatable bonds is 55. The molecule has 0 spiro atoms.